The summed E-state index contributed by atoms with van der Waals surface area (Å²) in [5, 5.41) is 5.67. The molecule has 0 saturated heterocycles. The average molecular weight is 390 g/mol. The molecule has 0 unspecified atom stereocenters. The predicted octanol–water partition coefficient (Wildman–Crippen LogP) is 2.98. The maximum Gasteiger partial charge on any atom is 0.270 e. The second-order valence-electron chi connectivity index (χ2n) is 6.30. The van der Waals surface area contributed by atoms with Crippen molar-refractivity contribution in [2.75, 3.05) is 19.7 Å². The molecule has 6 nitrogen and oxygen atoms in total. The second kappa shape index (κ2) is 9.92. The molecule has 2 aromatic rings. The first kappa shape index (κ1) is 20.7. The molecule has 0 saturated carbocycles. The van der Waals surface area contributed by atoms with Gasteiger partial charge in [-0.1, -0.05) is 17.7 Å². The standard InChI is InChI=1S/C20H24ClN3O3/c1-13-9-14(2)15(3)18(10-13)27-8-4-6-23-19(25)12-24-20(26)17-11-16(21)5-7-22-17/h5,7,9-11H,4,6,8,12H2,1-3H3,(H,23,25)(H,24,26). The number of rotatable bonds is 8. The van der Waals surface area contributed by atoms with Gasteiger partial charge in [-0.2, -0.15) is 0 Å². The maximum atomic E-state index is 11.9. The van der Waals surface area contributed by atoms with E-state index in [1.54, 1.807) is 6.07 Å². The molecule has 7 heteroatoms. The summed E-state index contributed by atoms with van der Waals surface area (Å²) in [5.41, 5.74) is 3.66. The van der Waals surface area contributed by atoms with Crippen LogP contribution in [0.2, 0.25) is 5.02 Å². The highest BCUT2D eigenvalue weighted by molar-refractivity contribution is 6.30. The SMILES string of the molecule is Cc1cc(C)c(C)c(OCCCNC(=O)CNC(=O)c2cc(Cl)ccn2)c1. The van der Waals surface area contributed by atoms with E-state index >= 15 is 0 Å². The first-order chi connectivity index (χ1) is 12.9. The zero-order chi connectivity index (χ0) is 19.8. The van der Waals surface area contributed by atoms with Crippen molar-refractivity contribution >= 4 is 23.4 Å². The summed E-state index contributed by atoms with van der Waals surface area (Å²) in [4.78, 5) is 27.6. The molecule has 0 fully saturated rings. The molecule has 1 aromatic carbocycles. The van der Waals surface area contributed by atoms with Crippen LogP contribution in [0.25, 0.3) is 0 Å². The zero-order valence-corrected chi connectivity index (χ0v) is 16.5. The minimum absolute atomic E-state index is 0.121. The fourth-order valence-corrected chi connectivity index (χ4v) is 2.64. The largest absolute Gasteiger partial charge is 0.493 e. The van der Waals surface area contributed by atoms with Crippen LogP contribution in [0.5, 0.6) is 5.75 Å². The normalized spacial score (nSPS) is 10.4. The Labute approximate surface area is 164 Å². The van der Waals surface area contributed by atoms with Crippen molar-refractivity contribution in [3.63, 3.8) is 0 Å². The van der Waals surface area contributed by atoms with Crippen LogP contribution in [-0.2, 0) is 4.79 Å². The van der Waals surface area contributed by atoms with E-state index in [1.165, 1.54) is 17.8 Å². The van der Waals surface area contributed by atoms with E-state index in [0.717, 1.165) is 16.9 Å². The molecular weight excluding hydrogens is 366 g/mol. The lowest BCUT2D eigenvalue weighted by molar-refractivity contribution is -0.120. The van der Waals surface area contributed by atoms with Crippen LogP contribution in [0.4, 0.5) is 0 Å². The Balaban J connectivity index is 1.66. The number of carbonyl (C=O) groups is 2. The predicted molar refractivity (Wildman–Crippen MR) is 105 cm³/mol. The third-order valence-corrected chi connectivity index (χ3v) is 4.26. The van der Waals surface area contributed by atoms with Crippen LogP contribution in [0.3, 0.4) is 0 Å². The Kier molecular flexibility index (Phi) is 7.61. The van der Waals surface area contributed by atoms with Crippen LogP contribution in [0.15, 0.2) is 30.5 Å². The molecular formula is C20H24ClN3O3. The van der Waals surface area contributed by atoms with Crippen molar-refractivity contribution in [1.82, 2.24) is 15.6 Å². The fourth-order valence-electron chi connectivity index (χ4n) is 2.48. The van der Waals surface area contributed by atoms with Gasteiger partial charge in [0.05, 0.1) is 13.2 Å². The topological polar surface area (TPSA) is 80.3 Å². The molecule has 144 valence electrons. The van der Waals surface area contributed by atoms with Gasteiger partial charge in [-0.25, -0.2) is 0 Å². The number of aryl methyl sites for hydroxylation is 2. The van der Waals surface area contributed by atoms with Crippen LogP contribution in [0.1, 0.15) is 33.6 Å². The van der Waals surface area contributed by atoms with Gasteiger partial charge in [0.2, 0.25) is 5.91 Å². The van der Waals surface area contributed by atoms with Crippen molar-refractivity contribution in [3.8, 4) is 5.75 Å². The molecule has 2 rings (SSSR count). The zero-order valence-electron chi connectivity index (χ0n) is 15.8. The van der Waals surface area contributed by atoms with Crippen molar-refractivity contribution in [3.05, 3.63) is 57.9 Å². The van der Waals surface area contributed by atoms with Gasteiger partial charge in [-0.05, 0) is 62.1 Å². The fraction of sp³-hybridized carbons (Fsp3) is 0.350. The summed E-state index contributed by atoms with van der Waals surface area (Å²) < 4.78 is 5.81. The molecule has 0 spiro atoms. The number of aromatic nitrogens is 1. The van der Waals surface area contributed by atoms with Crippen molar-refractivity contribution < 1.29 is 14.3 Å². The molecule has 0 bridgehead atoms. The minimum atomic E-state index is -0.443. The number of halogens is 1. The van der Waals surface area contributed by atoms with Crippen molar-refractivity contribution in [2.45, 2.75) is 27.2 Å². The number of benzene rings is 1. The van der Waals surface area contributed by atoms with Gasteiger partial charge in [0.1, 0.15) is 11.4 Å². The van der Waals surface area contributed by atoms with E-state index in [-0.39, 0.29) is 18.1 Å². The van der Waals surface area contributed by atoms with E-state index in [9.17, 15) is 9.59 Å². The van der Waals surface area contributed by atoms with Gasteiger partial charge < -0.3 is 15.4 Å². The number of ether oxygens (including phenoxy) is 1. The molecule has 0 atom stereocenters. The Morgan fingerprint density at radius 2 is 1.93 bits per heavy atom. The monoisotopic (exact) mass is 389 g/mol. The quantitative estimate of drug-likeness (QED) is 0.680. The number of amides is 2. The summed E-state index contributed by atoms with van der Waals surface area (Å²) in [7, 11) is 0. The highest BCUT2D eigenvalue weighted by Crippen LogP contribution is 2.23. The van der Waals surface area contributed by atoms with Gasteiger partial charge in [-0.3, -0.25) is 14.6 Å². The summed E-state index contributed by atoms with van der Waals surface area (Å²) in [5.74, 6) is 0.161. The Hall–Kier alpha value is -2.60. The van der Waals surface area contributed by atoms with Gasteiger partial charge in [0, 0.05) is 17.8 Å². The van der Waals surface area contributed by atoms with E-state index < -0.39 is 5.91 Å². The molecule has 2 amide bonds. The smallest absolute Gasteiger partial charge is 0.270 e. The summed E-state index contributed by atoms with van der Waals surface area (Å²) in [6.45, 7) is 6.97. The Bertz CT molecular complexity index is 824. The summed E-state index contributed by atoms with van der Waals surface area (Å²) in [6, 6.07) is 7.16. The number of nitrogens with one attached hydrogen (secondary N) is 2. The maximum absolute atomic E-state index is 11.9. The summed E-state index contributed by atoms with van der Waals surface area (Å²) in [6.07, 6.45) is 2.11. The van der Waals surface area contributed by atoms with Crippen molar-refractivity contribution in [2.24, 2.45) is 0 Å². The van der Waals surface area contributed by atoms with E-state index in [1.807, 2.05) is 19.9 Å². The molecule has 0 aliphatic heterocycles. The molecule has 0 radical (unpaired) electrons. The van der Waals surface area contributed by atoms with E-state index in [2.05, 4.69) is 28.6 Å². The molecule has 0 aliphatic carbocycles. The number of nitrogens with zero attached hydrogens (tertiary/aromatic N) is 1. The minimum Gasteiger partial charge on any atom is -0.493 e. The first-order valence-corrected chi connectivity index (χ1v) is 9.11. The summed E-state index contributed by atoms with van der Waals surface area (Å²) >= 11 is 5.81. The molecule has 27 heavy (non-hydrogen) atoms. The molecule has 2 N–H and O–H groups in total. The van der Waals surface area contributed by atoms with Crippen LogP contribution < -0.4 is 15.4 Å². The number of carbonyl (C=O) groups excluding carboxylic acids is 2. The van der Waals surface area contributed by atoms with Gasteiger partial charge in [-0.15, -0.1) is 0 Å². The lowest BCUT2D eigenvalue weighted by atomic mass is 10.1. The number of hydrogen-bond donors (Lipinski definition) is 2. The lowest BCUT2D eigenvalue weighted by Crippen LogP contribution is -2.37. The Morgan fingerprint density at radius 1 is 1.15 bits per heavy atom. The second-order valence-corrected chi connectivity index (χ2v) is 6.74. The van der Waals surface area contributed by atoms with Crippen LogP contribution >= 0.6 is 11.6 Å². The van der Waals surface area contributed by atoms with Gasteiger partial charge in [0.15, 0.2) is 0 Å². The lowest BCUT2D eigenvalue weighted by Gasteiger charge is -2.12. The first-order valence-electron chi connectivity index (χ1n) is 8.74. The number of pyridine rings is 1. The highest BCUT2D eigenvalue weighted by Gasteiger charge is 2.09. The third kappa shape index (κ3) is 6.57. The Morgan fingerprint density at radius 3 is 2.67 bits per heavy atom. The van der Waals surface area contributed by atoms with Crippen LogP contribution in [-0.4, -0.2) is 36.5 Å². The van der Waals surface area contributed by atoms with E-state index in [4.69, 9.17) is 16.3 Å². The molecule has 1 aromatic heterocycles. The number of hydrogen-bond acceptors (Lipinski definition) is 4. The average Bonchev–Trinajstić information content (AvgIpc) is 2.63. The molecule has 0 aliphatic rings. The van der Waals surface area contributed by atoms with Gasteiger partial charge in [0.25, 0.3) is 5.91 Å². The van der Waals surface area contributed by atoms with Crippen molar-refractivity contribution in [1.29, 1.82) is 0 Å². The third-order valence-electron chi connectivity index (χ3n) is 4.03. The van der Waals surface area contributed by atoms with Crippen LogP contribution in [0, 0.1) is 20.8 Å². The highest BCUT2D eigenvalue weighted by atomic mass is 35.5. The van der Waals surface area contributed by atoms with E-state index in [0.29, 0.717) is 24.6 Å². The molecule has 1 heterocycles. The van der Waals surface area contributed by atoms with Gasteiger partial charge >= 0.3 is 0 Å².